The first kappa shape index (κ1) is 20.6. The minimum atomic E-state index is -3.84. The zero-order chi connectivity index (χ0) is 21.2. The van der Waals surface area contributed by atoms with Crippen LogP contribution in [-0.4, -0.2) is 14.3 Å². The Morgan fingerprint density at radius 1 is 0.759 bits per heavy atom. The maximum absolute atomic E-state index is 13.0. The highest BCUT2D eigenvalue weighted by molar-refractivity contribution is 7.92. The normalized spacial score (nSPS) is 11.2. The average Bonchev–Trinajstić information content (AvgIpc) is 2.67. The van der Waals surface area contributed by atoms with Crippen LogP contribution < -0.4 is 10.0 Å². The number of benzene rings is 3. The van der Waals surface area contributed by atoms with Crippen molar-refractivity contribution in [2.75, 3.05) is 10.0 Å². The van der Waals surface area contributed by atoms with Crippen molar-refractivity contribution >= 4 is 27.3 Å². The van der Waals surface area contributed by atoms with Crippen LogP contribution >= 0.6 is 0 Å². The average molecular weight is 409 g/mol. The van der Waals surface area contributed by atoms with Crippen LogP contribution in [0, 0.1) is 27.7 Å². The van der Waals surface area contributed by atoms with Gasteiger partial charge in [-0.3, -0.25) is 9.52 Å². The fourth-order valence-electron chi connectivity index (χ4n) is 3.00. The van der Waals surface area contributed by atoms with E-state index in [-0.39, 0.29) is 16.4 Å². The van der Waals surface area contributed by atoms with Crippen molar-refractivity contribution in [2.24, 2.45) is 0 Å². The molecule has 3 rings (SSSR count). The van der Waals surface area contributed by atoms with E-state index in [2.05, 4.69) is 10.0 Å². The van der Waals surface area contributed by atoms with Crippen LogP contribution in [0.5, 0.6) is 0 Å². The number of hydrogen-bond acceptors (Lipinski definition) is 3. The Labute approximate surface area is 171 Å². The lowest BCUT2D eigenvalue weighted by atomic mass is 10.1. The molecule has 0 aliphatic carbocycles. The Kier molecular flexibility index (Phi) is 5.75. The molecule has 0 saturated carbocycles. The summed E-state index contributed by atoms with van der Waals surface area (Å²) < 4.78 is 28.5. The molecule has 0 saturated heterocycles. The van der Waals surface area contributed by atoms with E-state index in [4.69, 9.17) is 0 Å². The predicted octanol–water partition coefficient (Wildman–Crippen LogP) is 4.97. The summed E-state index contributed by atoms with van der Waals surface area (Å²) in [6, 6.07) is 17.5. The zero-order valence-electron chi connectivity index (χ0n) is 16.9. The van der Waals surface area contributed by atoms with Crippen LogP contribution in [-0.2, 0) is 10.0 Å². The van der Waals surface area contributed by atoms with Gasteiger partial charge in [0.15, 0.2) is 0 Å². The number of nitrogens with one attached hydrogen (secondary N) is 2. The number of hydrogen-bond donors (Lipinski definition) is 2. The highest BCUT2D eigenvalue weighted by Gasteiger charge is 2.20. The standard InChI is InChI=1S/C23H24N2O3S/c1-15-9-7-11-21(18(15)4)24-23(26)19-13-12-17(3)22(14-19)29(27,28)25-20-10-6-5-8-16(20)2/h5-14,25H,1-4H3,(H,24,26). The van der Waals surface area contributed by atoms with Crippen LogP contribution in [0.15, 0.2) is 65.6 Å². The molecule has 0 heterocycles. The Morgan fingerprint density at radius 3 is 2.14 bits per heavy atom. The molecule has 0 bridgehead atoms. The number of anilines is 2. The number of para-hydroxylation sites is 1. The van der Waals surface area contributed by atoms with Crippen molar-refractivity contribution in [2.45, 2.75) is 32.6 Å². The highest BCUT2D eigenvalue weighted by atomic mass is 32.2. The second-order valence-corrected chi connectivity index (χ2v) is 8.75. The molecule has 0 aliphatic heterocycles. The van der Waals surface area contributed by atoms with Gasteiger partial charge in [-0.25, -0.2) is 8.42 Å². The van der Waals surface area contributed by atoms with E-state index in [1.165, 1.54) is 6.07 Å². The van der Waals surface area contributed by atoms with Crippen LogP contribution in [0.3, 0.4) is 0 Å². The maximum atomic E-state index is 13.0. The summed E-state index contributed by atoms with van der Waals surface area (Å²) in [5, 5.41) is 2.87. The maximum Gasteiger partial charge on any atom is 0.262 e. The second-order valence-electron chi connectivity index (χ2n) is 7.10. The highest BCUT2D eigenvalue weighted by Crippen LogP contribution is 2.24. The van der Waals surface area contributed by atoms with Crippen LogP contribution in [0.25, 0.3) is 0 Å². The van der Waals surface area contributed by atoms with Gasteiger partial charge in [-0.15, -0.1) is 0 Å². The molecule has 6 heteroatoms. The lowest BCUT2D eigenvalue weighted by molar-refractivity contribution is 0.102. The molecule has 0 aliphatic rings. The zero-order valence-corrected chi connectivity index (χ0v) is 17.7. The molecule has 0 atom stereocenters. The largest absolute Gasteiger partial charge is 0.322 e. The quantitative estimate of drug-likeness (QED) is 0.626. The summed E-state index contributed by atoms with van der Waals surface area (Å²) in [4.78, 5) is 12.8. The van der Waals surface area contributed by atoms with Crippen LogP contribution in [0.4, 0.5) is 11.4 Å². The number of aryl methyl sites for hydroxylation is 3. The summed E-state index contributed by atoms with van der Waals surface area (Å²) >= 11 is 0. The van der Waals surface area contributed by atoms with Crippen molar-refractivity contribution in [1.82, 2.24) is 0 Å². The summed E-state index contributed by atoms with van der Waals surface area (Å²) in [5.41, 5.74) is 4.92. The first-order chi connectivity index (χ1) is 13.7. The third kappa shape index (κ3) is 4.49. The predicted molar refractivity (Wildman–Crippen MR) is 117 cm³/mol. The molecule has 0 unspecified atom stereocenters. The number of carbonyl (C=O) groups excluding carboxylic acids is 1. The summed E-state index contributed by atoms with van der Waals surface area (Å²) in [5.74, 6) is -0.356. The molecule has 3 aromatic carbocycles. The Balaban J connectivity index is 1.92. The molecule has 5 nitrogen and oxygen atoms in total. The molecule has 0 fully saturated rings. The van der Waals surface area contributed by atoms with E-state index in [0.29, 0.717) is 16.9 Å². The van der Waals surface area contributed by atoms with Gasteiger partial charge >= 0.3 is 0 Å². The molecular weight excluding hydrogens is 384 g/mol. The van der Waals surface area contributed by atoms with Crippen molar-refractivity contribution in [3.05, 3.63) is 88.5 Å². The fourth-order valence-corrected chi connectivity index (χ4v) is 4.40. The topological polar surface area (TPSA) is 75.3 Å². The lowest BCUT2D eigenvalue weighted by Crippen LogP contribution is -2.18. The van der Waals surface area contributed by atoms with E-state index in [1.54, 1.807) is 31.2 Å². The molecule has 150 valence electrons. The molecular formula is C23H24N2O3S. The van der Waals surface area contributed by atoms with Gasteiger partial charge in [0.25, 0.3) is 15.9 Å². The van der Waals surface area contributed by atoms with Gasteiger partial charge in [0.05, 0.1) is 10.6 Å². The van der Waals surface area contributed by atoms with Crippen molar-refractivity contribution in [3.63, 3.8) is 0 Å². The molecule has 1 amide bonds. The minimum Gasteiger partial charge on any atom is -0.322 e. The fraction of sp³-hybridized carbons (Fsp3) is 0.174. The van der Waals surface area contributed by atoms with Gasteiger partial charge in [-0.05, 0) is 74.2 Å². The third-order valence-electron chi connectivity index (χ3n) is 4.98. The van der Waals surface area contributed by atoms with Gasteiger partial charge in [0, 0.05) is 11.3 Å². The molecule has 3 aromatic rings. The smallest absolute Gasteiger partial charge is 0.262 e. The SMILES string of the molecule is Cc1ccccc1NS(=O)(=O)c1cc(C(=O)Nc2cccc(C)c2C)ccc1C. The second kappa shape index (κ2) is 8.09. The number of carbonyl (C=O) groups is 1. The van der Waals surface area contributed by atoms with Crippen LogP contribution in [0.2, 0.25) is 0 Å². The molecule has 0 aromatic heterocycles. The van der Waals surface area contributed by atoms with E-state index in [9.17, 15) is 13.2 Å². The van der Waals surface area contributed by atoms with E-state index < -0.39 is 10.0 Å². The van der Waals surface area contributed by atoms with Gasteiger partial charge in [-0.2, -0.15) is 0 Å². The Morgan fingerprint density at radius 2 is 1.41 bits per heavy atom. The van der Waals surface area contributed by atoms with Gasteiger partial charge in [-0.1, -0.05) is 36.4 Å². The molecule has 0 spiro atoms. The van der Waals surface area contributed by atoms with Crippen molar-refractivity contribution < 1.29 is 13.2 Å². The van der Waals surface area contributed by atoms with Crippen molar-refractivity contribution in [3.8, 4) is 0 Å². The van der Waals surface area contributed by atoms with Crippen LogP contribution in [0.1, 0.15) is 32.6 Å². The van der Waals surface area contributed by atoms with Gasteiger partial charge in [0.1, 0.15) is 0 Å². The molecule has 29 heavy (non-hydrogen) atoms. The van der Waals surface area contributed by atoms with E-state index in [0.717, 1.165) is 16.7 Å². The minimum absolute atomic E-state index is 0.0781. The summed E-state index contributed by atoms with van der Waals surface area (Å²) in [6.07, 6.45) is 0. The molecule has 2 N–H and O–H groups in total. The number of amides is 1. The van der Waals surface area contributed by atoms with Gasteiger partial charge in [0.2, 0.25) is 0 Å². The Bertz CT molecular complexity index is 1180. The first-order valence-corrected chi connectivity index (χ1v) is 10.7. The summed E-state index contributed by atoms with van der Waals surface area (Å²) in [6.45, 7) is 7.44. The van der Waals surface area contributed by atoms with Gasteiger partial charge < -0.3 is 5.32 Å². The third-order valence-corrected chi connectivity index (χ3v) is 6.49. The number of sulfonamides is 1. The van der Waals surface area contributed by atoms with Crippen molar-refractivity contribution in [1.29, 1.82) is 0 Å². The van der Waals surface area contributed by atoms with E-state index in [1.807, 2.05) is 51.1 Å². The van der Waals surface area contributed by atoms with E-state index >= 15 is 0 Å². The Hall–Kier alpha value is -3.12. The molecule has 0 radical (unpaired) electrons. The lowest BCUT2D eigenvalue weighted by Gasteiger charge is -2.14. The first-order valence-electron chi connectivity index (χ1n) is 9.26. The summed E-state index contributed by atoms with van der Waals surface area (Å²) in [7, 11) is -3.84. The number of rotatable bonds is 5. The monoisotopic (exact) mass is 408 g/mol.